The molecule has 1 heterocycles. The molecule has 2 aromatic carbocycles. The molecular formula is C22H21BrFNO6S. The number of carbonyl (C=O) groups excluding carboxylic acids is 2. The van der Waals surface area contributed by atoms with E-state index in [1.165, 1.54) is 42.5 Å². The van der Waals surface area contributed by atoms with E-state index in [1.54, 1.807) is 6.92 Å². The van der Waals surface area contributed by atoms with E-state index in [1.807, 2.05) is 13.8 Å². The molecule has 32 heavy (non-hydrogen) atoms. The number of carbonyl (C=O) groups is 2. The molecule has 1 aliphatic rings. The monoisotopic (exact) mass is 525 g/mol. The fourth-order valence-corrected chi connectivity index (χ4v) is 4.46. The lowest BCUT2D eigenvalue weighted by molar-refractivity contribution is -0.385. The van der Waals surface area contributed by atoms with Crippen LogP contribution in [0.3, 0.4) is 0 Å². The molecule has 0 fully saturated rings. The van der Waals surface area contributed by atoms with Crippen LogP contribution in [0, 0.1) is 21.8 Å². The Hall–Kier alpha value is -2.46. The lowest BCUT2D eigenvalue weighted by Gasteiger charge is -2.41. The van der Waals surface area contributed by atoms with Crippen molar-refractivity contribution in [3.63, 3.8) is 0 Å². The van der Waals surface area contributed by atoms with Crippen LogP contribution in [0.5, 0.6) is 5.75 Å². The third kappa shape index (κ3) is 5.29. The lowest BCUT2D eigenvalue weighted by atomic mass is 9.91. The normalized spacial score (nSPS) is 19.9. The number of rotatable bonds is 6. The van der Waals surface area contributed by atoms with Crippen LogP contribution < -0.4 is 4.74 Å². The largest absolute Gasteiger partial charge is 0.486 e. The van der Waals surface area contributed by atoms with Gasteiger partial charge in [0.2, 0.25) is 5.12 Å². The average Bonchev–Trinajstić information content (AvgIpc) is 2.74. The van der Waals surface area contributed by atoms with Crippen molar-refractivity contribution in [1.29, 1.82) is 0 Å². The fraction of sp³-hybridized carbons (Fsp3) is 0.364. The van der Waals surface area contributed by atoms with Crippen LogP contribution in [0.1, 0.15) is 42.8 Å². The van der Waals surface area contributed by atoms with Gasteiger partial charge in [-0.2, -0.15) is 0 Å². The summed E-state index contributed by atoms with van der Waals surface area (Å²) >= 11 is 4.46. The highest BCUT2D eigenvalue weighted by Gasteiger charge is 2.45. The van der Waals surface area contributed by atoms with Gasteiger partial charge < -0.3 is 9.47 Å². The van der Waals surface area contributed by atoms with Crippen LogP contribution in [0.2, 0.25) is 0 Å². The Morgan fingerprint density at radius 2 is 1.94 bits per heavy atom. The van der Waals surface area contributed by atoms with Crippen molar-refractivity contribution in [2.75, 3.05) is 5.75 Å². The Morgan fingerprint density at radius 1 is 1.28 bits per heavy atom. The van der Waals surface area contributed by atoms with Crippen LogP contribution >= 0.6 is 27.7 Å². The number of halogens is 2. The van der Waals surface area contributed by atoms with Gasteiger partial charge in [0, 0.05) is 29.0 Å². The van der Waals surface area contributed by atoms with Gasteiger partial charge in [-0.15, -0.1) is 0 Å². The van der Waals surface area contributed by atoms with Gasteiger partial charge in [-0.3, -0.25) is 19.7 Å². The number of nitro groups is 1. The maximum Gasteiger partial charge on any atom is 0.310 e. The SMILES string of the molecule is CC(CSC(=O)c1ccc(F)cc1)C(=O)O[C@H]1c2cc([N+](=O)[O-])ccc2OC(C)(C)[C@@H]1Br. The molecule has 0 N–H and O–H groups in total. The third-order valence-electron chi connectivity index (χ3n) is 5.00. The molecule has 0 spiro atoms. The molecule has 0 saturated heterocycles. The van der Waals surface area contributed by atoms with Crippen molar-refractivity contribution in [3.8, 4) is 5.75 Å². The highest BCUT2D eigenvalue weighted by Crippen LogP contribution is 2.46. The van der Waals surface area contributed by atoms with E-state index in [4.69, 9.17) is 9.47 Å². The Morgan fingerprint density at radius 3 is 2.56 bits per heavy atom. The first-order chi connectivity index (χ1) is 15.0. The van der Waals surface area contributed by atoms with Crippen molar-refractivity contribution in [3.05, 3.63) is 69.5 Å². The van der Waals surface area contributed by atoms with E-state index in [-0.39, 0.29) is 16.6 Å². The van der Waals surface area contributed by atoms with E-state index in [0.29, 0.717) is 16.9 Å². The number of hydrogen-bond acceptors (Lipinski definition) is 7. The van der Waals surface area contributed by atoms with Crippen LogP contribution in [0.4, 0.5) is 10.1 Å². The van der Waals surface area contributed by atoms with Crippen molar-refractivity contribution in [2.24, 2.45) is 5.92 Å². The molecule has 1 unspecified atom stereocenters. The number of hydrogen-bond donors (Lipinski definition) is 0. The van der Waals surface area contributed by atoms with Crippen molar-refractivity contribution < 1.29 is 28.4 Å². The van der Waals surface area contributed by atoms with Gasteiger partial charge >= 0.3 is 5.97 Å². The Labute approximate surface area is 196 Å². The number of ether oxygens (including phenoxy) is 2. The number of non-ortho nitro benzene ring substituents is 1. The highest BCUT2D eigenvalue weighted by molar-refractivity contribution is 9.09. The molecule has 2 aromatic rings. The standard InChI is InChI=1S/C22H21BrFNO6S/c1-12(11-32-21(27)13-4-6-14(24)7-5-13)20(26)30-18-16-10-15(25(28)29)8-9-17(16)31-22(2,3)19(18)23/h4-10,12,18-19H,11H2,1-3H3/t12?,18-,19+/m0/s1. The van der Waals surface area contributed by atoms with Gasteiger partial charge in [0.15, 0.2) is 0 Å². The molecule has 0 amide bonds. The summed E-state index contributed by atoms with van der Waals surface area (Å²) in [6.07, 6.45) is -0.818. The lowest BCUT2D eigenvalue weighted by Crippen LogP contribution is -2.46. The molecule has 0 aliphatic carbocycles. The molecule has 3 atom stereocenters. The first kappa shape index (κ1) is 24.2. The van der Waals surface area contributed by atoms with Crippen molar-refractivity contribution in [2.45, 2.75) is 37.3 Å². The second-order valence-corrected chi connectivity index (χ2v) is 9.93. The third-order valence-corrected chi connectivity index (χ3v) is 7.75. The maximum absolute atomic E-state index is 13.0. The summed E-state index contributed by atoms with van der Waals surface area (Å²) < 4.78 is 24.7. The first-order valence-corrected chi connectivity index (χ1v) is 11.6. The molecule has 170 valence electrons. The van der Waals surface area contributed by atoms with Crippen LogP contribution in [-0.2, 0) is 9.53 Å². The van der Waals surface area contributed by atoms with Crippen molar-refractivity contribution >= 4 is 44.5 Å². The second kappa shape index (κ2) is 9.58. The number of nitrogens with zero attached hydrogens (tertiary/aromatic N) is 1. The van der Waals surface area contributed by atoms with Gasteiger partial charge in [0.1, 0.15) is 23.3 Å². The molecule has 3 rings (SSSR count). The minimum atomic E-state index is -0.818. The van der Waals surface area contributed by atoms with Crippen LogP contribution in [0.15, 0.2) is 42.5 Å². The predicted molar refractivity (Wildman–Crippen MR) is 122 cm³/mol. The molecule has 7 nitrogen and oxygen atoms in total. The number of thioether (sulfide) groups is 1. The molecule has 1 aliphatic heterocycles. The van der Waals surface area contributed by atoms with E-state index >= 15 is 0 Å². The number of esters is 1. The summed E-state index contributed by atoms with van der Waals surface area (Å²) in [5, 5.41) is 10.9. The number of alkyl halides is 1. The smallest absolute Gasteiger partial charge is 0.310 e. The van der Waals surface area contributed by atoms with Crippen molar-refractivity contribution in [1.82, 2.24) is 0 Å². The summed E-state index contributed by atoms with van der Waals surface area (Å²) in [4.78, 5) is 35.3. The Balaban J connectivity index is 1.72. The zero-order chi connectivity index (χ0) is 23.6. The fourth-order valence-electron chi connectivity index (χ4n) is 3.13. The van der Waals surface area contributed by atoms with Gasteiger partial charge in [0.05, 0.1) is 15.7 Å². The number of nitro benzene ring substituents is 1. The average molecular weight is 526 g/mol. The Kier molecular flexibility index (Phi) is 7.24. The summed E-state index contributed by atoms with van der Waals surface area (Å²) in [7, 11) is 0. The second-order valence-electron chi connectivity index (χ2n) is 7.95. The van der Waals surface area contributed by atoms with E-state index in [2.05, 4.69) is 15.9 Å². The van der Waals surface area contributed by atoms with Crippen LogP contribution in [-0.4, -0.2) is 32.2 Å². The zero-order valence-corrected chi connectivity index (χ0v) is 19.9. The quantitative estimate of drug-likeness (QED) is 0.213. The number of fused-ring (bicyclic) bond motifs is 1. The topological polar surface area (TPSA) is 95.7 Å². The summed E-state index contributed by atoms with van der Waals surface area (Å²) in [5.41, 5.74) is -0.146. The molecule has 10 heteroatoms. The van der Waals surface area contributed by atoms with Gasteiger partial charge in [0.25, 0.3) is 5.69 Å². The molecule has 0 aromatic heterocycles. The Bertz CT molecular complexity index is 1050. The molecule has 0 saturated carbocycles. The predicted octanol–water partition coefficient (Wildman–Crippen LogP) is 5.46. The summed E-state index contributed by atoms with van der Waals surface area (Å²) in [5.74, 6) is -1.04. The summed E-state index contributed by atoms with van der Waals surface area (Å²) in [6.45, 7) is 5.27. The van der Waals surface area contributed by atoms with E-state index in [0.717, 1.165) is 11.8 Å². The van der Waals surface area contributed by atoms with Gasteiger partial charge in [-0.1, -0.05) is 34.6 Å². The van der Waals surface area contributed by atoms with E-state index in [9.17, 15) is 24.1 Å². The minimum absolute atomic E-state index is 0.138. The van der Waals surface area contributed by atoms with Crippen LogP contribution in [0.25, 0.3) is 0 Å². The minimum Gasteiger partial charge on any atom is -0.486 e. The highest BCUT2D eigenvalue weighted by atomic mass is 79.9. The van der Waals surface area contributed by atoms with Gasteiger partial charge in [-0.25, -0.2) is 4.39 Å². The zero-order valence-electron chi connectivity index (χ0n) is 17.5. The molecule has 0 bridgehead atoms. The molecule has 0 radical (unpaired) electrons. The van der Waals surface area contributed by atoms with E-state index < -0.39 is 39.2 Å². The maximum atomic E-state index is 13.0. The molecular weight excluding hydrogens is 505 g/mol. The van der Waals surface area contributed by atoms with Gasteiger partial charge in [-0.05, 0) is 44.2 Å². The number of benzene rings is 2. The summed E-state index contributed by atoms with van der Waals surface area (Å²) in [6, 6.07) is 9.34. The first-order valence-electron chi connectivity index (χ1n) is 9.74.